The van der Waals surface area contributed by atoms with E-state index in [0.717, 1.165) is 10.7 Å². The molecule has 2 aromatic carbocycles. The molecule has 0 aliphatic heterocycles. The van der Waals surface area contributed by atoms with Crippen molar-refractivity contribution in [2.75, 3.05) is 11.6 Å². The Labute approximate surface area is 136 Å². The number of rotatable bonds is 3. The van der Waals surface area contributed by atoms with Gasteiger partial charge in [0.05, 0.1) is 15.6 Å². The molecule has 0 heterocycles. The van der Waals surface area contributed by atoms with E-state index in [1.54, 1.807) is 18.2 Å². The first-order chi connectivity index (χ1) is 9.77. The number of benzene rings is 2. The standard InChI is InChI=1S/C14H11BrClNO3S/c1-21(19,20)11-4-2-3-9(7-11)14(18)17-13-8-10(15)5-6-12(13)16/h2-8H,1H3,(H,17,18). The lowest BCUT2D eigenvalue weighted by atomic mass is 10.2. The summed E-state index contributed by atoms with van der Waals surface area (Å²) >= 11 is 9.29. The molecule has 1 N–H and O–H groups in total. The van der Waals surface area contributed by atoms with Crippen molar-refractivity contribution in [2.45, 2.75) is 4.90 Å². The summed E-state index contributed by atoms with van der Waals surface area (Å²) in [6.07, 6.45) is 1.09. The first-order valence-corrected chi connectivity index (χ1v) is 8.90. The maximum atomic E-state index is 12.2. The van der Waals surface area contributed by atoms with Crippen LogP contribution in [-0.2, 0) is 9.84 Å². The smallest absolute Gasteiger partial charge is 0.255 e. The SMILES string of the molecule is CS(=O)(=O)c1cccc(C(=O)Nc2cc(Br)ccc2Cl)c1. The van der Waals surface area contributed by atoms with Gasteiger partial charge in [-0.15, -0.1) is 0 Å². The fraction of sp³-hybridized carbons (Fsp3) is 0.0714. The van der Waals surface area contributed by atoms with E-state index in [0.29, 0.717) is 10.7 Å². The van der Waals surface area contributed by atoms with Gasteiger partial charge in [0.15, 0.2) is 9.84 Å². The Morgan fingerprint density at radius 1 is 1.19 bits per heavy atom. The molecule has 0 aliphatic rings. The maximum Gasteiger partial charge on any atom is 0.255 e. The van der Waals surface area contributed by atoms with Crippen molar-refractivity contribution >= 4 is 49.0 Å². The molecule has 110 valence electrons. The van der Waals surface area contributed by atoms with Crippen molar-refractivity contribution < 1.29 is 13.2 Å². The van der Waals surface area contributed by atoms with Gasteiger partial charge in [-0.25, -0.2) is 8.42 Å². The Morgan fingerprint density at radius 3 is 2.57 bits per heavy atom. The third-order valence-corrected chi connectivity index (χ3v) is 4.63. The van der Waals surface area contributed by atoms with Gasteiger partial charge in [-0.3, -0.25) is 4.79 Å². The van der Waals surface area contributed by atoms with Crippen molar-refractivity contribution in [3.05, 3.63) is 57.5 Å². The summed E-state index contributed by atoms with van der Waals surface area (Å²) in [4.78, 5) is 12.3. The summed E-state index contributed by atoms with van der Waals surface area (Å²) in [5.74, 6) is -0.430. The molecular weight excluding hydrogens is 378 g/mol. The summed E-state index contributed by atoms with van der Waals surface area (Å²) in [5.41, 5.74) is 0.690. The molecule has 4 nitrogen and oxygen atoms in total. The molecule has 0 aliphatic carbocycles. The van der Waals surface area contributed by atoms with Gasteiger partial charge in [-0.2, -0.15) is 0 Å². The van der Waals surface area contributed by atoms with E-state index in [-0.39, 0.29) is 10.5 Å². The minimum Gasteiger partial charge on any atom is -0.321 e. The van der Waals surface area contributed by atoms with Gasteiger partial charge < -0.3 is 5.32 Å². The number of sulfone groups is 1. The zero-order valence-corrected chi connectivity index (χ0v) is 14.1. The van der Waals surface area contributed by atoms with Gasteiger partial charge in [0.1, 0.15) is 0 Å². The van der Waals surface area contributed by atoms with Gasteiger partial charge in [0, 0.05) is 16.3 Å². The highest BCUT2D eigenvalue weighted by molar-refractivity contribution is 9.10. The van der Waals surface area contributed by atoms with Crippen LogP contribution in [0.1, 0.15) is 10.4 Å². The van der Waals surface area contributed by atoms with Crippen LogP contribution in [0.4, 0.5) is 5.69 Å². The molecule has 0 fully saturated rings. The summed E-state index contributed by atoms with van der Waals surface area (Å²) in [6.45, 7) is 0. The first-order valence-electron chi connectivity index (χ1n) is 5.84. The zero-order chi connectivity index (χ0) is 15.6. The number of carbonyl (C=O) groups excluding carboxylic acids is 1. The van der Waals surface area contributed by atoms with E-state index in [2.05, 4.69) is 21.2 Å². The van der Waals surface area contributed by atoms with E-state index in [1.807, 2.05) is 0 Å². The van der Waals surface area contributed by atoms with E-state index >= 15 is 0 Å². The first kappa shape index (κ1) is 16.0. The van der Waals surface area contributed by atoms with E-state index < -0.39 is 15.7 Å². The summed E-state index contributed by atoms with van der Waals surface area (Å²) in [5, 5.41) is 3.04. The number of hydrogen-bond donors (Lipinski definition) is 1. The third-order valence-electron chi connectivity index (χ3n) is 2.70. The van der Waals surface area contributed by atoms with Gasteiger partial charge in [-0.1, -0.05) is 33.6 Å². The highest BCUT2D eigenvalue weighted by Crippen LogP contribution is 2.26. The second-order valence-corrected chi connectivity index (χ2v) is 7.72. The predicted molar refractivity (Wildman–Crippen MR) is 86.7 cm³/mol. The Balaban J connectivity index is 2.31. The Hall–Kier alpha value is -1.37. The van der Waals surface area contributed by atoms with Crippen molar-refractivity contribution in [3.63, 3.8) is 0 Å². The average molecular weight is 389 g/mol. The molecule has 2 aromatic rings. The molecule has 21 heavy (non-hydrogen) atoms. The van der Waals surface area contributed by atoms with Gasteiger partial charge in [-0.05, 0) is 36.4 Å². The average Bonchev–Trinajstić information content (AvgIpc) is 2.42. The van der Waals surface area contributed by atoms with Crippen LogP contribution >= 0.6 is 27.5 Å². The highest BCUT2D eigenvalue weighted by atomic mass is 79.9. The van der Waals surface area contributed by atoms with Gasteiger partial charge in [0.25, 0.3) is 5.91 Å². The Kier molecular flexibility index (Phi) is 4.70. The Bertz CT molecular complexity index is 806. The lowest BCUT2D eigenvalue weighted by Crippen LogP contribution is -2.13. The number of halogens is 2. The van der Waals surface area contributed by atoms with Crippen LogP contribution in [0.3, 0.4) is 0 Å². The van der Waals surface area contributed by atoms with Crippen LogP contribution in [0.25, 0.3) is 0 Å². The number of carbonyl (C=O) groups is 1. The fourth-order valence-electron chi connectivity index (χ4n) is 1.66. The normalized spacial score (nSPS) is 11.2. The summed E-state index contributed by atoms with van der Waals surface area (Å²) in [7, 11) is -3.36. The van der Waals surface area contributed by atoms with Gasteiger partial charge >= 0.3 is 0 Å². The number of hydrogen-bond acceptors (Lipinski definition) is 3. The van der Waals surface area contributed by atoms with Crippen LogP contribution in [0.5, 0.6) is 0 Å². The van der Waals surface area contributed by atoms with Crippen LogP contribution < -0.4 is 5.32 Å². The van der Waals surface area contributed by atoms with Crippen LogP contribution in [0.15, 0.2) is 51.8 Å². The van der Waals surface area contributed by atoms with Crippen LogP contribution in [-0.4, -0.2) is 20.6 Å². The molecule has 7 heteroatoms. The van der Waals surface area contributed by atoms with Crippen molar-refractivity contribution in [3.8, 4) is 0 Å². The quantitative estimate of drug-likeness (QED) is 0.871. The lowest BCUT2D eigenvalue weighted by molar-refractivity contribution is 0.102. The molecule has 0 atom stereocenters. The number of anilines is 1. The molecule has 2 rings (SSSR count). The molecule has 0 aromatic heterocycles. The second kappa shape index (κ2) is 6.17. The topological polar surface area (TPSA) is 63.2 Å². The lowest BCUT2D eigenvalue weighted by Gasteiger charge is -2.08. The molecule has 0 spiro atoms. The minimum atomic E-state index is -3.36. The second-order valence-electron chi connectivity index (χ2n) is 4.38. The van der Waals surface area contributed by atoms with Crippen LogP contribution in [0.2, 0.25) is 5.02 Å². The Morgan fingerprint density at radius 2 is 1.90 bits per heavy atom. The molecule has 0 unspecified atom stereocenters. The van der Waals surface area contributed by atoms with Crippen molar-refractivity contribution in [1.82, 2.24) is 0 Å². The van der Waals surface area contributed by atoms with Crippen LogP contribution in [0, 0.1) is 0 Å². The predicted octanol–water partition coefficient (Wildman–Crippen LogP) is 3.76. The van der Waals surface area contributed by atoms with E-state index in [1.165, 1.54) is 24.3 Å². The van der Waals surface area contributed by atoms with E-state index in [4.69, 9.17) is 11.6 Å². The fourth-order valence-corrected chi connectivity index (χ4v) is 2.85. The van der Waals surface area contributed by atoms with Gasteiger partial charge in [0.2, 0.25) is 0 Å². The largest absolute Gasteiger partial charge is 0.321 e. The molecule has 1 amide bonds. The van der Waals surface area contributed by atoms with Crippen molar-refractivity contribution in [2.24, 2.45) is 0 Å². The van der Waals surface area contributed by atoms with E-state index in [9.17, 15) is 13.2 Å². The maximum absolute atomic E-state index is 12.2. The molecule has 0 bridgehead atoms. The zero-order valence-electron chi connectivity index (χ0n) is 10.9. The number of amides is 1. The molecule has 0 saturated carbocycles. The summed E-state index contributed by atoms with van der Waals surface area (Å²) < 4.78 is 23.8. The highest BCUT2D eigenvalue weighted by Gasteiger charge is 2.13. The van der Waals surface area contributed by atoms with Crippen molar-refractivity contribution in [1.29, 1.82) is 0 Å². The number of nitrogens with one attached hydrogen (secondary N) is 1. The third kappa shape index (κ3) is 4.06. The summed E-state index contributed by atoms with van der Waals surface area (Å²) in [6, 6.07) is 10.9. The molecule has 0 saturated heterocycles. The minimum absolute atomic E-state index is 0.0930. The molecular formula is C14H11BrClNO3S. The molecule has 0 radical (unpaired) electrons. The monoisotopic (exact) mass is 387 g/mol.